The van der Waals surface area contributed by atoms with Crippen molar-refractivity contribution in [3.05, 3.63) is 11.1 Å². The van der Waals surface area contributed by atoms with Gasteiger partial charge < -0.3 is 10.1 Å². The smallest absolute Gasteiger partial charge is 0.182 e. The Bertz CT molecular complexity index is 295. The number of hydrogen-bond donors (Lipinski definition) is 1. The average molecular weight is 226 g/mol. The van der Waals surface area contributed by atoms with E-state index in [1.165, 1.54) is 19.3 Å². The normalized spacial score (nSPS) is 21.5. The number of anilines is 1. The molecule has 1 fully saturated rings. The maximum absolute atomic E-state index is 5.66. The summed E-state index contributed by atoms with van der Waals surface area (Å²) in [7, 11) is 0. The summed E-state index contributed by atoms with van der Waals surface area (Å²) in [6.07, 6.45) is 5.33. The molecule has 1 aromatic rings. The van der Waals surface area contributed by atoms with Crippen molar-refractivity contribution in [2.75, 3.05) is 18.5 Å². The predicted octanol–water partition coefficient (Wildman–Crippen LogP) is 2.82. The van der Waals surface area contributed by atoms with Crippen LogP contribution < -0.4 is 5.32 Å². The van der Waals surface area contributed by atoms with Crippen molar-refractivity contribution < 1.29 is 4.74 Å². The van der Waals surface area contributed by atoms with Crippen LogP contribution in [0, 0.1) is 6.92 Å². The van der Waals surface area contributed by atoms with Gasteiger partial charge in [-0.1, -0.05) is 0 Å². The molecule has 2 heterocycles. The lowest BCUT2D eigenvalue weighted by Gasteiger charge is -2.22. The van der Waals surface area contributed by atoms with E-state index in [0.717, 1.165) is 30.4 Å². The SMILES string of the molecule is Cc1csc(NCCC2CCCCO2)n1. The van der Waals surface area contributed by atoms with Crippen LogP contribution in [0.1, 0.15) is 31.4 Å². The van der Waals surface area contributed by atoms with E-state index in [4.69, 9.17) is 4.74 Å². The first kappa shape index (κ1) is 10.9. The van der Waals surface area contributed by atoms with Crippen molar-refractivity contribution in [1.82, 2.24) is 4.98 Å². The van der Waals surface area contributed by atoms with E-state index >= 15 is 0 Å². The lowest BCUT2D eigenvalue weighted by Crippen LogP contribution is -2.21. The van der Waals surface area contributed by atoms with Crippen LogP contribution in [0.2, 0.25) is 0 Å². The topological polar surface area (TPSA) is 34.1 Å². The van der Waals surface area contributed by atoms with Crippen LogP contribution in [0.25, 0.3) is 0 Å². The Kier molecular flexibility index (Phi) is 3.97. The molecule has 1 atom stereocenters. The summed E-state index contributed by atoms with van der Waals surface area (Å²) in [5.74, 6) is 0. The molecule has 3 nitrogen and oxygen atoms in total. The Hall–Kier alpha value is -0.610. The summed E-state index contributed by atoms with van der Waals surface area (Å²) in [5, 5.41) is 6.44. The molecule has 4 heteroatoms. The van der Waals surface area contributed by atoms with Gasteiger partial charge >= 0.3 is 0 Å². The molecular weight excluding hydrogens is 208 g/mol. The average Bonchev–Trinajstić information content (AvgIpc) is 2.66. The molecule has 1 N–H and O–H groups in total. The molecule has 1 unspecified atom stereocenters. The molecule has 0 saturated carbocycles. The number of rotatable bonds is 4. The van der Waals surface area contributed by atoms with Gasteiger partial charge in [-0.25, -0.2) is 4.98 Å². The number of hydrogen-bond acceptors (Lipinski definition) is 4. The van der Waals surface area contributed by atoms with Crippen molar-refractivity contribution in [2.45, 2.75) is 38.7 Å². The Morgan fingerprint density at radius 1 is 1.60 bits per heavy atom. The number of aryl methyl sites for hydroxylation is 1. The molecule has 0 aliphatic carbocycles. The van der Waals surface area contributed by atoms with Crippen LogP contribution in [0.15, 0.2) is 5.38 Å². The zero-order valence-corrected chi connectivity index (χ0v) is 9.98. The van der Waals surface area contributed by atoms with Gasteiger partial charge in [0, 0.05) is 18.5 Å². The first-order chi connectivity index (χ1) is 7.34. The standard InChI is InChI=1S/C11H18N2OS/c1-9-8-15-11(13-9)12-6-5-10-4-2-3-7-14-10/h8,10H,2-7H2,1H3,(H,12,13). The molecule has 1 saturated heterocycles. The van der Waals surface area contributed by atoms with Crippen LogP contribution in [0.4, 0.5) is 5.13 Å². The van der Waals surface area contributed by atoms with Gasteiger partial charge in [0.2, 0.25) is 0 Å². The van der Waals surface area contributed by atoms with Crippen molar-refractivity contribution in [3.63, 3.8) is 0 Å². The van der Waals surface area contributed by atoms with Gasteiger partial charge in [0.25, 0.3) is 0 Å². The lowest BCUT2D eigenvalue weighted by molar-refractivity contribution is 0.0134. The first-order valence-corrected chi connectivity index (χ1v) is 6.50. The van der Waals surface area contributed by atoms with E-state index in [1.54, 1.807) is 11.3 Å². The van der Waals surface area contributed by atoms with Crippen molar-refractivity contribution in [2.24, 2.45) is 0 Å². The second kappa shape index (κ2) is 5.47. The van der Waals surface area contributed by atoms with Crippen LogP contribution in [0.5, 0.6) is 0 Å². The highest BCUT2D eigenvalue weighted by atomic mass is 32.1. The summed E-state index contributed by atoms with van der Waals surface area (Å²) >= 11 is 1.67. The van der Waals surface area contributed by atoms with E-state index in [1.807, 2.05) is 6.92 Å². The number of nitrogens with one attached hydrogen (secondary N) is 1. The van der Waals surface area contributed by atoms with Crippen molar-refractivity contribution in [3.8, 4) is 0 Å². The zero-order valence-electron chi connectivity index (χ0n) is 9.16. The van der Waals surface area contributed by atoms with E-state index in [-0.39, 0.29) is 0 Å². The minimum Gasteiger partial charge on any atom is -0.378 e. The molecular formula is C11H18N2OS. The molecule has 1 aliphatic heterocycles. The third-order valence-corrected chi connectivity index (χ3v) is 3.55. The van der Waals surface area contributed by atoms with E-state index in [0.29, 0.717) is 6.10 Å². The highest BCUT2D eigenvalue weighted by molar-refractivity contribution is 7.13. The second-order valence-electron chi connectivity index (χ2n) is 4.00. The number of aromatic nitrogens is 1. The van der Waals surface area contributed by atoms with Crippen molar-refractivity contribution >= 4 is 16.5 Å². The molecule has 15 heavy (non-hydrogen) atoms. The number of nitrogens with zero attached hydrogens (tertiary/aromatic N) is 1. The molecule has 0 bridgehead atoms. The van der Waals surface area contributed by atoms with E-state index in [9.17, 15) is 0 Å². The van der Waals surface area contributed by atoms with Gasteiger partial charge in [-0.15, -0.1) is 11.3 Å². The Labute approximate surface area is 94.9 Å². The third-order valence-electron chi connectivity index (χ3n) is 2.64. The first-order valence-electron chi connectivity index (χ1n) is 5.62. The maximum atomic E-state index is 5.66. The second-order valence-corrected chi connectivity index (χ2v) is 4.86. The molecule has 2 rings (SSSR count). The number of ether oxygens (including phenoxy) is 1. The van der Waals surface area contributed by atoms with Gasteiger partial charge in [-0.05, 0) is 32.6 Å². The van der Waals surface area contributed by atoms with Gasteiger partial charge in [-0.3, -0.25) is 0 Å². The summed E-state index contributed by atoms with van der Waals surface area (Å²) < 4.78 is 5.66. The van der Waals surface area contributed by atoms with Crippen LogP contribution in [-0.4, -0.2) is 24.2 Å². The highest BCUT2D eigenvalue weighted by Gasteiger charge is 2.13. The quantitative estimate of drug-likeness (QED) is 0.857. The predicted molar refractivity (Wildman–Crippen MR) is 63.5 cm³/mol. The monoisotopic (exact) mass is 226 g/mol. The Balaban J connectivity index is 1.65. The molecule has 0 spiro atoms. The largest absolute Gasteiger partial charge is 0.378 e. The summed E-state index contributed by atoms with van der Waals surface area (Å²) in [4.78, 5) is 4.36. The maximum Gasteiger partial charge on any atom is 0.182 e. The van der Waals surface area contributed by atoms with Crippen LogP contribution >= 0.6 is 11.3 Å². The van der Waals surface area contributed by atoms with Gasteiger partial charge in [0.05, 0.1) is 11.8 Å². The fourth-order valence-corrected chi connectivity index (χ4v) is 2.53. The molecule has 0 radical (unpaired) electrons. The summed E-state index contributed by atoms with van der Waals surface area (Å²) in [5.41, 5.74) is 1.09. The van der Waals surface area contributed by atoms with Gasteiger partial charge in [0.15, 0.2) is 5.13 Å². The van der Waals surface area contributed by atoms with Crippen LogP contribution in [-0.2, 0) is 4.74 Å². The molecule has 1 aromatic heterocycles. The van der Waals surface area contributed by atoms with Gasteiger partial charge in [-0.2, -0.15) is 0 Å². The minimum absolute atomic E-state index is 0.465. The van der Waals surface area contributed by atoms with Gasteiger partial charge in [0.1, 0.15) is 0 Å². The van der Waals surface area contributed by atoms with Crippen LogP contribution in [0.3, 0.4) is 0 Å². The fourth-order valence-electron chi connectivity index (χ4n) is 1.81. The minimum atomic E-state index is 0.465. The summed E-state index contributed by atoms with van der Waals surface area (Å²) in [6.45, 7) is 3.94. The number of thiazole rings is 1. The van der Waals surface area contributed by atoms with E-state index < -0.39 is 0 Å². The molecule has 0 amide bonds. The summed E-state index contributed by atoms with van der Waals surface area (Å²) in [6, 6.07) is 0. The van der Waals surface area contributed by atoms with E-state index in [2.05, 4.69) is 15.7 Å². The fraction of sp³-hybridized carbons (Fsp3) is 0.727. The Morgan fingerprint density at radius 2 is 2.53 bits per heavy atom. The zero-order chi connectivity index (χ0) is 10.5. The molecule has 0 aromatic carbocycles. The highest BCUT2D eigenvalue weighted by Crippen LogP contribution is 2.17. The molecule has 84 valence electrons. The lowest BCUT2D eigenvalue weighted by atomic mass is 10.1. The van der Waals surface area contributed by atoms with Crippen molar-refractivity contribution in [1.29, 1.82) is 0 Å². The molecule has 1 aliphatic rings. The third kappa shape index (κ3) is 3.47. The Morgan fingerprint density at radius 3 is 3.20 bits per heavy atom.